The number of halogens is 2. The third kappa shape index (κ3) is 4.38. The van der Waals surface area contributed by atoms with Crippen LogP contribution in [0, 0.1) is 15.9 Å². The van der Waals surface area contributed by atoms with Crippen LogP contribution >= 0.6 is 22.9 Å². The number of thiophene rings is 1. The fraction of sp³-hybridized carbons (Fsp3) is 0.0556. The molecule has 0 aliphatic carbocycles. The molecule has 7 nitrogen and oxygen atoms in total. The Labute approximate surface area is 167 Å². The van der Waals surface area contributed by atoms with Gasteiger partial charge in [-0.15, -0.1) is 11.3 Å². The first-order valence-electron chi connectivity index (χ1n) is 7.79. The summed E-state index contributed by atoms with van der Waals surface area (Å²) in [6.07, 6.45) is 0. The van der Waals surface area contributed by atoms with Gasteiger partial charge in [0.2, 0.25) is 0 Å². The maximum atomic E-state index is 13.5. The number of nitrogens with one attached hydrogen (secondary N) is 1. The van der Waals surface area contributed by atoms with Gasteiger partial charge in [0.25, 0.3) is 5.69 Å². The number of carboxylic acid groups (broad SMARTS) is 1. The molecule has 144 valence electrons. The van der Waals surface area contributed by atoms with Crippen LogP contribution in [0.1, 0.15) is 15.2 Å². The van der Waals surface area contributed by atoms with E-state index in [1.54, 1.807) is 0 Å². The van der Waals surface area contributed by atoms with Gasteiger partial charge in [0.1, 0.15) is 23.9 Å². The number of rotatable bonds is 7. The maximum absolute atomic E-state index is 13.5. The summed E-state index contributed by atoms with van der Waals surface area (Å²) in [7, 11) is 0. The molecular formula is C18H12ClFN2O5S. The summed E-state index contributed by atoms with van der Waals surface area (Å²) in [6.45, 7) is 0.153. The molecule has 0 saturated carbocycles. The second-order valence-electron chi connectivity index (χ2n) is 5.55. The molecule has 0 unspecified atom stereocenters. The van der Waals surface area contributed by atoms with Crippen LogP contribution < -0.4 is 10.1 Å². The van der Waals surface area contributed by atoms with Crippen molar-refractivity contribution in [3.05, 3.63) is 79.9 Å². The molecule has 0 fully saturated rings. The SMILES string of the molecule is O=C(O)c1sc(Nc2cc(Cl)c(F)cc2[N+](=O)[O-])cc1OCc1ccccc1. The van der Waals surface area contributed by atoms with Crippen LogP contribution in [0.25, 0.3) is 0 Å². The van der Waals surface area contributed by atoms with Gasteiger partial charge in [0.05, 0.1) is 21.0 Å². The van der Waals surface area contributed by atoms with E-state index in [4.69, 9.17) is 16.3 Å². The standard InChI is InChI=1S/C18H12ClFN2O5S/c19-11-6-13(14(22(25)26)7-12(11)20)21-16-8-15(17(28-16)18(23)24)27-9-10-4-2-1-3-5-10/h1-8,21H,9H2,(H,23,24). The lowest BCUT2D eigenvalue weighted by molar-refractivity contribution is -0.384. The fourth-order valence-electron chi connectivity index (χ4n) is 2.35. The van der Waals surface area contributed by atoms with E-state index in [1.165, 1.54) is 6.07 Å². The lowest BCUT2D eigenvalue weighted by Crippen LogP contribution is -1.99. The zero-order valence-electron chi connectivity index (χ0n) is 14.0. The molecule has 0 bridgehead atoms. The van der Waals surface area contributed by atoms with Gasteiger partial charge in [-0.3, -0.25) is 10.1 Å². The molecule has 3 rings (SSSR count). The van der Waals surface area contributed by atoms with Crippen molar-refractivity contribution in [2.24, 2.45) is 0 Å². The van der Waals surface area contributed by atoms with E-state index in [1.807, 2.05) is 30.3 Å². The number of carboxylic acids is 1. The molecule has 1 heterocycles. The molecular weight excluding hydrogens is 411 g/mol. The minimum Gasteiger partial charge on any atom is -0.487 e. The van der Waals surface area contributed by atoms with E-state index < -0.39 is 22.4 Å². The Hall–Kier alpha value is -3.17. The van der Waals surface area contributed by atoms with Gasteiger partial charge in [0.15, 0.2) is 4.88 Å². The summed E-state index contributed by atoms with van der Waals surface area (Å²) in [6, 6.07) is 12.3. The monoisotopic (exact) mass is 422 g/mol. The highest BCUT2D eigenvalue weighted by molar-refractivity contribution is 7.18. The summed E-state index contributed by atoms with van der Waals surface area (Å²) in [4.78, 5) is 21.8. The summed E-state index contributed by atoms with van der Waals surface area (Å²) >= 11 is 6.54. The van der Waals surface area contributed by atoms with Crippen LogP contribution in [0.5, 0.6) is 5.75 Å². The Morgan fingerprint density at radius 3 is 2.64 bits per heavy atom. The number of nitrogens with zero attached hydrogens (tertiary/aromatic N) is 1. The summed E-state index contributed by atoms with van der Waals surface area (Å²) in [5, 5.41) is 23.2. The lowest BCUT2D eigenvalue weighted by Gasteiger charge is -2.06. The van der Waals surface area contributed by atoms with Crippen LogP contribution in [-0.4, -0.2) is 16.0 Å². The van der Waals surface area contributed by atoms with Crippen LogP contribution in [0.3, 0.4) is 0 Å². The molecule has 3 aromatic rings. The third-order valence-corrected chi connectivity index (χ3v) is 4.93. The molecule has 2 N–H and O–H groups in total. The number of hydrogen-bond acceptors (Lipinski definition) is 6. The summed E-state index contributed by atoms with van der Waals surface area (Å²) < 4.78 is 19.1. The second kappa shape index (κ2) is 8.24. The van der Waals surface area contributed by atoms with E-state index in [0.29, 0.717) is 6.07 Å². The highest BCUT2D eigenvalue weighted by Crippen LogP contribution is 2.39. The first-order chi connectivity index (χ1) is 13.3. The average molecular weight is 423 g/mol. The van der Waals surface area contributed by atoms with E-state index >= 15 is 0 Å². The number of aromatic carboxylic acids is 1. The second-order valence-corrected chi connectivity index (χ2v) is 7.01. The van der Waals surface area contributed by atoms with Crippen molar-refractivity contribution in [1.29, 1.82) is 0 Å². The van der Waals surface area contributed by atoms with Crippen molar-refractivity contribution >= 4 is 45.3 Å². The predicted molar refractivity (Wildman–Crippen MR) is 103 cm³/mol. The minimum atomic E-state index is -1.20. The van der Waals surface area contributed by atoms with Crippen LogP contribution in [0.2, 0.25) is 5.02 Å². The number of anilines is 2. The Kier molecular flexibility index (Phi) is 5.76. The topological polar surface area (TPSA) is 102 Å². The Morgan fingerprint density at radius 1 is 1.29 bits per heavy atom. The van der Waals surface area contributed by atoms with Gasteiger partial charge in [-0.1, -0.05) is 41.9 Å². The molecule has 0 aliphatic heterocycles. The predicted octanol–water partition coefficient (Wildman–Crippen LogP) is 5.47. The normalized spacial score (nSPS) is 10.5. The van der Waals surface area contributed by atoms with Crippen molar-refractivity contribution in [2.45, 2.75) is 6.61 Å². The first kappa shape index (κ1) is 19.6. The van der Waals surface area contributed by atoms with E-state index in [0.717, 1.165) is 23.0 Å². The van der Waals surface area contributed by atoms with Gasteiger partial charge in [-0.05, 0) is 11.6 Å². The quantitative estimate of drug-likeness (QED) is 0.386. The fourth-order valence-corrected chi connectivity index (χ4v) is 3.36. The third-order valence-electron chi connectivity index (χ3n) is 3.62. The van der Waals surface area contributed by atoms with E-state index in [2.05, 4.69) is 5.32 Å². The Morgan fingerprint density at radius 2 is 2.00 bits per heavy atom. The molecule has 2 aromatic carbocycles. The zero-order valence-corrected chi connectivity index (χ0v) is 15.6. The Bertz CT molecular complexity index is 1040. The molecule has 1 aromatic heterocycles. The van der Waals surface area contributed by atoms with Crippen molar-refractivity contribution in [3.8, 4) is 5.75 Å². The molecule has 0 radical (unpaired) electrons. The molecule has 10 heteroatoms. The molecule has 0 spiro atoms. The van der Waals surface area contributed by atoms with Gasteiger partial charge in [0, 0.05) is 6.07 Å². The largest absolute Gasteiger partial charge is 0.487 e. The highest BCUT2D eigenvalue weighted by atomic mass is 35.5. The molecule has 0 atom stereocenters. The number of nitro benzene ring substituents is 1. The highest BCUT2D eigenvalue weighted by Gasteiger charge is 2.21. The van der Waals surface area contributed by atoms with Crippen LogP contribution in [0.15, 0.2) is 48.5 Å². The van der Waals surface area contributed by atoms with Crippen LogP contribution in [-0.2, 0) is 6.61 Å². The Balaban J connectivity index is 1.88. The summed E-state index contributed by atoms with van der Waals surface area (Å²) in [5.74, 6) is -2.02. The number of nitro groups is 1. The number of ether oxygens (including phenoxy) is 1. The zero-order chi connectivity index (χ0) is 20.3. The average Bonchev–Trinajstić information content (AvgIpc) is 3.06. The van der Waals surface area contributed by atoms with E-state index in [-0.39, 0.29) is 32.9 Å². The smallest absolute Gasteiger partial charge is 0.349 e. The van der Waals surface area contributed by atoms with Crippen LogP contribution in [0.4, 0.5) is 20.8 Å². The molecule has 0 saturated heterocycles. The van der Waals surface area contributed by atoms with Crippen molar-refractivity contribution in [2.75, 3.05) is 5.32 Å². The summed E-state index contributed by atoms with van der Waals surface area (Å²) in [5.41, 5.74) is 0.253. The molecule has 0 amide bonds. The minimum absolute atomic E-state index is 0.0656. The number of benzene rings is 2. The van der Waals surface area contributed by atoms with Gasteiger partial charge in [-0.2, -0.15) is 0 Å². The van der Waals surface area contributed by atoms with Crippen molar-refractivity contribution in [3.63, 3.8) is 0 Å². The van der Waals surface area contributed by atoms with Crippen molar-refractivity contribution < 1.29 is 24.0 Å². The van der Waals surface area contributed by atoms with Gasteiger partial charge in [-0.25, -0.2) is 9.18 Å². The van der Waals surface area contributed by atoms with Gasteiger partial charge < -0.3 is 15.2 Å². The first-order valence-corrected chi connectivity index (χ1v) is 8.99. The van der Waals surface area contributed by atoms with Gasteiger partial charge >= 0.3 is 5.97 Å². The van der Waals surface area contributed by atoms with E-state index in [9.17, 15) is 24.4 Å². The lowest BCUT2D eigenvalue weighted by atomic mass is 10.2. The van der Waals surface area contributed by atoms with Crippen molar-refractivity contribution in [1.82, 2.24) is 0 Å². The maximum Gasteiger partial charge on any atom is 0.349 e. The molecule has 28 heavy (non-hydrogen) atoms. The number of hydrogen-bond donors (Lipinski definition) is 2. The molecule has 0 aliphatic rings. The number of carbonyl (C=O) groups is 1.